The summed E-state index contributed by atoms with van der Waals surface area (Å²) in [5.74, 6) is -0.109. The number of benzene rings is 1. The Bertz CT molecular complexity index is 1200. The van der Waals surface area contributed by atoms with Gasteiger partial charge < -0.3 is 9.15 Å². The van der Waals surface area contributed by atoms with Crippen molar-refractivity contribution >= 4 is 28.1 Å². The molecule has 0 saturated carbocycles. The van der Waals surface area contributed by atoms with Crippen molar-refractivity contribution in [1.82, 2.24) is 20.0 Å². The predicted molar refractivity (Wildman–Crippen MR) is 103 cm³/mol. The Morgan fingerprint density at radius 3 is 2.71 bits per heavy atom. The van der Waals surface area contributed by atoms with E-state index in [1.807, 2.05) is 17.5 Å². The normalized spacial score (nSPS) is 12.2. The Hall–Kier alpha value is -3.33. The average Bonchev–Trinajstić information content (AvgIpc) is 3.40. The largest absolute Gasteiger partial charge is 0.448 e. The number of esters is 1. The third-order valence-electron chi connectivity index (χ3n) is 4.16. The third kappa shape index (κ3) is 3.20. The van der Waals surface area contributed by atoms with E-state index in [2.05, 4.69) is 15.3 Å². The molecule has 0 N–H and O–H groups in total. The van der Waals surface area contributed by atoms with Crippen LogP contribution < -0.4 is 5.56 Å². The van der Waals surface area contributed by atoms with E-state index >= 15 is 0 Å². The van der Waals surface area contributed by atoms with Crippen LogP contribution in [0.1, 0.15) is 36.3 Å². The first-order valence-electron chi connectivity index (χ1n) is 8.66. The van der Waals surface area contributed by atoms with Gasteiger partial charge in [0.15, 0.2) is 11.8 Å². The van der Waals surface area contributed by atoms with Crippen molar-refractivity contribution in [3.63, 3.8) is 0 Å². The smallest absolute Gasteiger partial charge is 0.360 e. The number of carbonyl (C=O) groups is 1. The van der Waals surface area contributed by atoms with Gasteiger partial charge in [-0.05, 0) is 31.4 Å². The molecule has 0 unspecified atom stereocenters. The number of carbonyl (C=O) groups excluding carboxylic acids is 1. The van der Waals surface area contributed by atoms with Crippen molar-refractivity contribution in [1.29, 1.82) is 0 Å². The Morgan fingerprint density at radius 2 is 2.00 bits per heavy atom. The molecule has 0 amide bonds. The van der Waals surface area contributed by atoms with Gasteiger partial charge in [-0.3, -0.25) is 4.79 Å². The number of fused-ring (bicyclic) bond motifs is 1. The molecule has 0 saturated heterocycles. The number of hydrogen-bond acceptors (Lipinski definition) is 8. The van der Waals surface area contributed by atoms with Gasteiger partial charge in [-0.25, -0.2) is 9.48 Å². The number of hydrogen-bond donors (Lipinski definition) is 0. The van der Waals surface area contributed by atoms with Crippen LogP contribution in [-0.4, -0.2) is 25.9 Å². The van der Waals surface area contributed by atoms with E-state index in [0.717, 1.165) is 4.88 Å². The third-order valence-corrected chi connectivity index (χ3v) is 5.02. The second kappa shape index (κ2) is 7.35. The maximum absolute atomic E-state index is 12.8. The molecule has 142 valence electrons. The van der Waals surface area contributed by atoms with E-state index in [1.165, 1.54) is 16.0 Å². The Kier molecular flexibility index (Phi) is 4.74. The van der Waals surface area contributed by atoms with Crippen molar-refractivity contribution < 1.29 is 13.9 Å². The second-order valence-corrected chi connectivity index (χ2v) is 6.93. The lowest BCUT2D eigenvalue weighted by Crippen LogP contribution is -2.26. The molecule has 1 aromatic carbocycles. The van der Waals surface area contributed by atoms with Crippen LogP contribution in [0.3, 0.4) is 0 Å². The molecule has 4 aromatic rings. The fourth-order valence-corrected chi connectivity index (χ4v) is 3.41. The number of nitrogens with zero attached hydrogens (tertiary/aromatic N) is 4. The molecule has 0 bridgehead atoms. The highest BCUT2D eigenvalue weighted by Gasteiger charge is 2.23. The minimum atomic E-state index is -0.767. The van der Waals surface area contributed by atoms with E-state index < -0.39 is 12.1 Å². The molecule has 0 radical (unpaired) electrons. The summed E-state index contributed by atoms with van der Waals surface area (Å²) in [7, 11) is 0. The quantitative estimate of drug-likeness (QED) is 0.476. The molecular formula is C19H16N4O4S. The average molecular weight is 396 g/mol. The maximum atomic E-state index is 12.8. The van der Waals surface area contributed by atoms with Crippen molar-refractivity contribution in [2.24, 2.45) is 0 Å². The van der Waals surface area contributed by atoms with Gasteiger partial charge in [0.05, 0.1) is 10.3 Å². The van der Waals surface area contributed by atoms with Crippen LogP contribution in [0.2, 0.25) is 0 Å². The monoisotopic (exact) mass is 396 g/mol. The van der Waals surface area contributed by atoms with Gasteiger partial charge in [0, 0.05) is 11.9 Å². The summed E-state index contributed by atoms with van der Waals surface area (Å²) in [5.41, 5.74) is -0.179. The first kappa shape index (κ1) is 18.1. The lowest BCUT2D eigenvalue weighted by atomic mass is 10.1. The Labute approximate surface area is 163 Å². The zero-order chi connectivity index (χ0) is 19.7. The van der Waals surface area contributed by atoms with E-state index in [4.69, 9.17) is 9.15 Å². The molecule has 0 spiro atoms. The van der Waals surface area contributed by atoms with Crippen molar-refractivity contribution in [2.45, 2.75) is 26.5 Å². The van der Waals surface area contributed by atoms with Gasteiger partial charge in [0.2, 0.25) is 0 Å². The highest BCUT2D eigenvalue weighted by Crippen LogP contribution is 2.26. The molecule has 0 aliphatic rings. The summed E-state index contributed by atoms with van der Waals surface area (Å²) < 4.78 is 12.3. The summed E-state index contributed by atoms with van der Waals surface area (Å²) in [6.45, 7) is 3.76. The number of thiophene rings is 1. The lowest BCUT2D eigenvalue weighted by Gasteiger charge is -2.12. The Morgan fingerprint density at radius 1 is 1.21 bits per heavy atom. The van der Waals surface area contributed by atoms with E-state index in [-0.39, 0.29) is 17.1 Å². The molecule has 3 heterocycles. The Balaban J connectivity index is 1.64. The first-order chi connectivity index (χ1) is 13.6. The van der Waals surface area contributed by atoms with E-state index in [1.54, 1.807) is 38.1 Å². The van der Waals surface area contributed by atoms with Crippen LogP contribution in [0.4, 0.5) is 0 Å². The molecular weight excluding hydrogens is 380 g/mol. The van der Waals surface area contributed by atoms with Gasteiger partial charge in [-0.2, -0.15) is 5.10 Å². The maximum Gasteiger partial charge on any atom is 0.360 e. The highest BCUT2D eigenvalue weighted by molar-refractivity contribution is 7.13. The van der Waals surface area contributed by atoms with Gasteiger partial charge in [0.25, 0.3) is 17.3 Å². The van der Waals surface area contributed by atoms with E-state index in [0.29, 0.717) is 23.2 Å². The van der Waals surface area contributed by atoms with Crippen LogP contribution in [0.15, 0.2) is 51.0 Å². The van der Waals surface area contributed by atoms with Crippen molar-refractivity contribution in [2.75, 3.05) is 0 Å². The van der Waals surface area contributed by atoms with Gasteiger partial charge in [-0.15, -0.1) is 21.5 Å². The SMILES string of the molecule is CCn1nc(C(=O)O[C@@H](C)c2nnc(-c3cccs3)o2)c2ccccc2c1=O. The molecule has 0 aliphatic heterocycles. The number of rotatable bonds is 5. The summed E-state index contributed by atoms with van der Waals surface area (Å²) in [4.78, 5) is 26.0. The van der Waals surface area contributed by atoms with Crippen molar-refractivity contribution in [3.05, 3.63) is 63.7 Å². The molecule has 28 heavy (non-hydrogen) atoms. The molecule has 4 rings (SSSR count). The molecule has 1 atom stereocenters. The minimum Gasteiger partial charge on any atom is -0.448 e. The summed E-state index contributed by atoms with van der Waals surface area (Å²) in [6, 6.07) is 10.6. The number of aromatic nitrogens is 4. The predicted octanol–water partition coefficient (Wildman–Crippen LogP) is 3.45. The van der Waals surface area contributed by atoms with Crippen molar-refractivity contribution in [3.8, 4) is 10.8 Å². The molecule has 3 aromatic heterocycles. The van der Waals surface area contributed by atoms with Crippen LogP contribution in [0.5, 0.6) is 0 Å². The summed E-state index contributed by atoms with van der Waals surface area (Å²) >= 11 is 1.47. The molecule has 8 nitrogen and oxygen atoms in total. The van der Waals surface area contributed by atoms with Crippen LogP contribution in [0, 0.1) is 0 Å². The molecule has 0 fully saturated rings. The zero-order valence-electron chi connectivity index (χ0n) is 15.2. The first-order valence-corrected chi connectivity index (χ1v) is 9.54. The van der Waals surface area contributed by atoms with Crippen LogP contribution in [0.25, 0.3) is 21.5 Å². The number of aryl methyl sites for hydroxylation is 1. The lowest BCUT2D eigenvalue weighted by molar-refractivity contribution is 0.0272. The van der Waals surface area contributed by atoms with Crippen LogP contribution >= 0.6 is 11.3 Å². The second-order valence-electron chi connectivity index (χ2n) is 5.99. The fourth-order valence-electron chi connectivity index (χ4n) is 2.77. The van der Waals surface area contributed by atoms with Gasteiger partial charge >= 0.3 is 5.97 Å². The van der Waals surface area contributed by atoms with E-state index in [9.17, 15) is 9.59 Å². The molecule has 0 aliphatic carbocycles. The van der Waals surface area contributed by atoms with Gasteiger partial charge in [0.1, 0.15) is 0 Å². The highest BCUT2D eigenvalue weighted by atomic mass is 32.1. The molecule has 9 heteroatoms. The minimum absolute atomic E-state index is 0.0712. The standard InChI is InChI=1S/C19H16N4O4S/c1-3-23-18(24)13-8-5-4-7-12(13)15(22-23)19(25)26-11(2)16-20-21-17(27-16)14-9-6-10-28-14/h4-11H,3H2,1-2H3/t11-/m0/s1. The number of ether oxygens (including phenoxy) is 1. The zero-order valence-corrected chi connectivity index (χ0v) is 16.0. The summed E-state index contributed by atoms with van der Waals surface area (Å²) in [6.07, 6.45) is -0.767. The topological polar surface area (TPSA) is 100 Å². The van der Waals surface area contributed by atoms with Crippen LogP contribution in [-0.2, 0) is 11.3 Å². The van der Waals surface area contributed by atoms with Gasteiger partial charge in [-0.1, -0.05) is 24.3 Å². The fraction of sp³-hybridized carbons (Fsp3) is 0.211. The summed E-state index contributed by atoms with van der Waals surface area (Å²) in [5, 5.41) is 14.9.